The zero-order chi connectivity index (χ0) is 9.80. The number of carbonyl (C=O) groups excluding carboxylic acids is 1. The summed E-state index contributed by atoms with van der Waals surface area (Å²) in [6.45, 7) is 0. The molecule has 0 radical (unpaired) electrons. The lowest BCUT2D eigenvalue weighted by Gasteiger charge is -2.11. The largest absolute Gasteiger partial charge is 0.381 e. The third-order valence-corrected chi connectivity index (χ3v) is 3.56. The molecule has 1 aromatic rings. The minimum atomic E-state index is -3.65. The van der Waals surface area contributed by atoms with Crippen LogP contribution in [0.25, 0.3) is 0 Å². The van der Waals surface area contributed by atoms with E-state index in [1.807, 2.05) is 0 Å². The summed E-state index contributed by atoms with van der Waals surface area (Å²) in [6.07, 6.45) is -1.98. The maximum absolute atomic E-state index is 12.9. The van der Waals surface area contributed by atoms with Gasteiger partial charge in [0.15, 0.2) is 6.10 Å². The molecule has 1 atom stereocenters. The molecule has 1 heterocycles. The van der Waals surface area contributed by atoms with Crippen LogP contribution < -0.4 is 0 Å². The van der Waals surface area contributed by atoms with Crippen molar-refractivity contribution in [2.24, 2.45) is 0 Å². The molecular formula is C7H3BrF2O2S. The molecule has 0 aromatic carbocycles. The van der Waals surface area contributed by atoms with Gasteiger partial charge in [0.2, 0.25) is 5.78 Å². The van der Waals surface area contributed by atoms with Crippen molar-refractivity contribution in [3.05, 3.63) is 20.3 Å². The Balaban J connectivity index is 2.61. The van der Waals surface area contributed by atoms with Crippen LogP contribution in [0.1, 0.15) is 21.3 Å². The second kappa shape index (κ2) is 2.59. The molecule has 13 heavy (non-hydrogen) atoms. The first-order valence-electron chi connectivity index (χ1n) is 3.34. The van der Waals surface area contributed by atoms with Crippen LogP contribution in [0.4, 0.5) is 8.78 Å². The van der Waals surface area contributed by atoms with Crippen molar-refractivity contribution in [3.63, 3.8) is 0 Å². The summed E-state index contributed by atoms with van der Waals surface area (Å²) < 4.78 is 26.3. The van der Waals surface area contributed by atoms with Crippen molar-refractivity contribution in [3.8, 4) is 0 Å². The molecule has 1 aliphatic rings. The quantitative estimate of drug-likeness (QED) is 0.785. The van der Waals surface area contributed by atoms with Gasteiger partial charge in [-0.2, -0.15) is 8.78 Å². The van der Waals surface area contributed by atoms with E-state index < -0.39 is 17.8 Å². The molecule has 1 unspecified atom stereocenters. The number of alkyl halides is 2. The molecular weight excluding hydrogens is 266 g/mol. The molecule has 70 valence electrons. The number of thiophene rings is 1. The molecule has 0 bridgehead atoms. The number of carbonyl (C=O) groups is 1. The number of aliphatic hydroxyl groups excluding tert-OH is 1. The van der Waals surface area contributed by atoms with Crippen LogP contribution in [0.15, 0.2) is 9.85 Å². The van der Waals surface area contributed by atoms with Crippen molar-refractivity contribution in [2.75, 3.05) is 0 Å². The van der Waals surface area contributed by atoms with E-state index in [9.17, 15) is 13.6 Å². The predicted molar refractivity (Wildman–Crippen MR) is 46.3 cm³/mol. The number of fused-ring (bicyclic) bond motifs is 1. The van der Waals surface area contributed by atoms with E-state index >= 15 is 0 Å². The Morgan fingerprint density at radius 1 is 1.62 bits per heavy atom. The van der Waals surface area contributed by atoms with Gasteiger partial charge in [-0.3, -0.25) is 4.79 Å². The van der Waals surface area contributed by atoms with Crippen LogP contribution in [0, 0.1) is 0 Å². The van der Waals surface area contributed by atoms with E-state index in [0.29, 0.717) is 3.79 Å². The molecule has 0 aliphatic heterocycles. The van der Waals surface area contributed by atoms with Gasteiger partial charge in [0.25, 0.3) is 0 Å². The average molecular weight is 269 g/mol. The number of halogens is 3. The lowest BCUT2D eigenvalue weighted by molar-refractivity contribution is -0.0696. The smallest absolute Gasteiger partial charge is 0.339 e. The molecule has 0 spiro atoms. The summed E-state index contributed by atoms with van der Waals surface area (Å²) >= 11 is 4.02. The summed E-state index contributed by atoms with van der Waals surface area (Å²) in [5, 5.41) is 9.11. The Bertz CT molecular complexity index is 388. The number of Topliss-reactive ketones (excluding diaryl/α,β-unsaturated/α-hetero) is 1. The van der Waals surface area contributed by atoms with E-state index in [0.717, 1.165) is 11.3 Å². The normalized spacial score (nSPS) is 24.9. The Kier molecular flexibility index (Phi) is 1.84. The number of aliphatic hydroxyl groups is 1. The highest BCUT2D eigenvalue weighted by Gasteiger charge is 2.55. The fourth-order valence-corrected chi connectivity index (χ4v) is 2.88. The van der Waals surface area contributed by atoms with Gasteiger partial charge in [-0.1, -0.05) is 0 Å². The van der Waals surface area contributed by atoms with Crippen molar-refractivity contribution in [2.45, 2.75) is 12.0 Å². The van der Waals surface area contributed by atoms with E-state index in [4.69, 9.17) is 5.11 Å². The van der Waals surface area contributed by atoms with Gasteiger partial charge in [0.05, 0.1) is 8.66 Å². The minimum Gasteiger partial charge on any atom is -0.381 e. The van der Waals surface area contributed by atoms with Gasteiger partial charge < -0.3 is 5.11 Å². The molecule has 1 aromatic heterocycles. The molecule has 6 heteroatoms. The minimum absolute atomic E-state index is 0.0434. The van der Waals surface area contributed by atoms with E-state index in [1.54, 1.807) is 0 Å². The fraction of sp³-hybridized carbons (Fsp3) is 0.286. The Morgan fingerprint density at radius 2 is 2.23 bits per heavy atom. The van der Waals surface area contributed by atoms with E-state index in [-0.39, 0.29) is 10.4 Å². The summed E-state index contributed by atoms with van der Waals surface area (Å²) in [4.78, 5) is 11.1. The molecule has 2 nitrogen and oxygen atoms in total. The zero-order valence-corrected chi connectivity index (χ0v) is 8.45. The number of hydrogen-bond donors (Lipinski definition) is 1. The van der Waals surface area contributed by atoms with Crippen molar-refractivity contribution in [1.82, 2.24) is 0 Å². The molecule has 0 saturated heterocycles. The topological polar surface area (TPSA) is 37.3 Å². The molecule has 0 fully saturated rings. The first-order valence-corrected chi connectivity index (χ1v) is 4.95. The van der Waals surface area contributed by atoms with Crippen LogP contribution in [-0.2, 0) is 0 Å². The van der Waals surface area contributed by atoms with Crippen LogP contribution >= 0.6 is 27.3 Å². The average Bonchev–Trinajstić information content (AvgIpc) is 2.48. The Hall–Kier alpha value is -0.330. The van der Waals surface area contributed by atoms with Crippen molar-refractivity contribution < 1.29 is 18.7 Å². The zero-order valence-electron chi connectivity index (χ0n) is 6.05. The van der Waals surface area contributed by atoms with Gasteiger partial charge >= 0.3 is 5.92 Å². The second-order valence-corrected chi connectivity index (χ2v) is 5.15. The standard InChI is InChI=1S/C7H3BrF2O2S/c8-3-1-2-4(13-3)6(12)7(9,10)5(2)11/h1,6,12H. The highest BCUT2D eigenvalue weighted by molar-refractivity contribution is 9.11. The van der Waals surface area contributed by atoms with Crippen molar-refractivity contribution in [1.29, 1.82) is 0 Å². The summed E-state index contributed by atoms with van der Waals surface area (Å²) in [5.41, 5.74) is -0.0747. The van der Waals surface area contributed by atoms with E-state index in [2.05, 4.69) is 15.9 Å². The SMILES string of the molecule is O=C1c2cc(Br)sc2C(O)C1(F)F. The van der Waals surface area contributed by atoms with Gasteiger partial charge in [-0.25, -0.2) is 0 Å². The van der Waals surface area contributed by atoms with Crippen LogP contribution in [0.3, 0.4) is 0 Å². The molecule has 2 rings (SSSR count). The van der Waals surface area contributed by atoms with E-state index in [1.165, 1.54) is 6.07 Å². The maximum Gasteiger partial charge on any atom is 0.339 e. The Morgan fingerprint density at radius 3 is 2.77 bits per heavy atom. The number of rotatable bonds is 0. The Labute approximate surface area is 84.3 Å². The van der Waals surface area contributed by atoms with Crippen LogP contribution in [0.5, 0.6) is 0 Å². The molecule has 0 saturated carbocycles. The van der Waals surface area contributed by atoms with Gasteiger partial charge in [0.1, 0.15) is 0 Å². The van der Waals surface area contributed by atoms with Crippen LogP contribution in [0.2, 0.25) is 0 Å². The second-order valence-electron chi connectivity index (χ2n) is 2.68. The van der Waals surface area contributed by atoms with Crippen LogP contribution in [-0.4, -0.2) is 16.8 Å². The molecule has 0 amide bonds. The summed E-state index contributed by atoms with van der Waals surface area (Å²) in [6, 6.07) is 1.31. The fourth-order valence-electron chi connectivity index (χ4n) is 1.22. The third-order valence-electron chi connectivity index (χ3n) is 1.87. The lowest BCUT2D eigenvalue weighted by Crippen LogP contribution is -2.28. The third kappa shape index (κ3) is 1.09. The first kappa shape index (κ1) is 9.23. The maximum atomic E-state index is 12.9. The molecule has 1 N–H and O–H groups in total. The number of hydrogen-bond acceptors (Lipinski definition) is 3. The monoisotopic (exact) mass is 268 g/mol. The highest BCUT2D eigenvalue weighted by Crippen LogP contribution is 2.47. The predicted octanol–water partition coefficient (Wildman–Crippen LogP) is 2.38. The van der Waals surface area contributed by atoms with Crippen molar-refractivity contribution >= 4 is 33.0 Å². The summed E-state index contributed by atoms with van der Waals surface area (Å²) in [5.74, 6) is -4.95. The van der Waals surface area contributed by atoms with Gasteiger partial charge in [0, 0.05) is 5.56 Å². The number of ketones is 1. The first-order chi connectivity index (χ1) is 5.94. The highest BCUT2D eigenvalue weighted by atomic mass is 79.9. The van der Waals surface area contributed by atoms with Gasteiger partial charge in [-0.15, -0.1) is 11.3 Å². The van der Waals surface area contributed by atoms with Gasteiger partial charge in [-0.05, 0) is 22.0 Å². The molecule has 1 aliphatic carbocycles. The summed E-state index contributed by atoms with van der Waals surface area (Å²) in [7, 11) is 0. The lowest BCUT2D eigenvalue weighted by atomic mass is 10.2.